The second kappa shape index (κ2) is 9.14. The number of aliphatic imine (C=N–C) groups is 1. The summed E-state index contributed by atoms with van der Waals surface area (Å²) in [6.45, 7) is 6.49. The maximum atomic E-state index is 11.6. The Hall–Kier alpha value is -3.19. The summed E-state index contributed by atoms with van der Waals surface area (Å²) in [5, 5.41) is 17.4. The van der Waals surface area contributed by atoms with Crippen molar-refractivity contribution >= 4 is 18.5 Å². The first-order valence-corrected chi connectivity index (χ1v) is 9.16. The lowest BCUT2D eigenvalue weighted by Gasteiger charge is -2.22. The van der Waals surface area contributed by atoms with Gasteiger partial charge in [-0.05, 0) is 38.1 Å². The van der Waals surface area contributed by atoms with E-state index in [1.54, 1.807) is 6.92 Å². The molecule has 0 bridgehead atoms. The smallest absolute Gasteiger partial charge is 0.337 e. The molecule has 0 amide bonds. The summed E-state index contributed by atoms with van der Waals surface area (Å²) >= 11 is 0. The van der Waals surface area contributed by atoms with Gasteiger partial charge in [-0.2, -0.15) is 5.10 Å². The molecule has 1 aromatic carbocycles. The van der Waals surface area contributed by atoms with Gasteiger partial charge >= 0.3 is 5.97 Å². The SMILES string of the molecule is C=N/C=C\C(C(=O)O)=C(/C)Nc1nn(C2CCOCC2)cc1-c1ccccc1. The largest absolute Gasteiger partial charge is 0.478 e. The zero-order valence-electron chi connectivity index (χ0n) is 15.8. The number of nitrogens with zero attached hydrogens (tertiary/aromatic N) is 3. The molecule has 1 aliphatic heterocycles. The molecule has 2 heterocycles. The number of aliphatic carboxylic acids is 1. The van der Waals surface area contributed by atoms with Gasteiger partial charge in [-0.15, -0.1) is 0 Å². The van der Waals surface area contributed by atoms with E-state index in [0.29, 0.717) is 11.5 Å². The second-order valence-corrected chi connectivity index (χ2v) is 6.55. The third-order valence-corrected chi connectivity index (χ3v) is 4.67. The Labute approximate surface area is 164 Å². The third-order valence-electron chi connectivity index (χ3n) is 4.67. The highest BCUT2D eigenvalue weighted by Crippen LogP contribution is 2.31. The highest BCUT2D eigenvalue weighted by atomic mass is 16.5. The number of hydrogen-bond acceptors (Lipinski definition) is 5. The van der Waals surface area contributed by atoms with Crippen LogP contribution in [0.2, 0.25) is 0 Å². The molecule has 2 aromatic rings. The van der Waals surface area contributed by atoms with Crippen LogP contribution >= 0.6 is 0 Å². The molecule has 0 unspecified atom stereocenters. The molecule has 1 fully saturated rings. The number of aromatic nitrogens is 2. The van der Waals surface area contributed by atoms with Crippen LogP contribution in [0.15, 0.2) is 65.1 Å². The average Bonchev–Trinajstić information content (AvgIpc) is 3.13. The van der Waals surface area contributed by atoms with E-state index in [1.807, 2.05) is 41.2 Å². The van der Waals surface area contributed by atoms with Crippen LogP contribution in [0.4, 0.5) is 5.82 Å². The molecule has 7 nitrogen and oxygen atoms in total. The minimum Gasteiger partial charge on any atom is -0.478 e. The summed E-state index contributed by atoms with van der Waals surface area (Å²) in [5.41, 5.74) is 2.51. The molecule has 0 aliphatic carbocycles. The number of hydrogen-bond donors (Lipinski definition) is 2. The molecular weight excluding hydrogens is 356 g/mol. The fraction of sp³-hybridized carbons (Fsp3) is 0.286. The number of rotatable bonds is 7. The van der Waals surface area contributed by atoms with Crippen LogP contribution in [0.1, 0.15) is 25.8 Å². The topological polar surface area (TPSA) is 88.7 Å². The highest BCUT2D eigenvalue weighted by Gasteiger charge is 2.20. The minimum atomic E-state index is -1.05. The number of carbonyl (C=O) groups is 1. The van der Waals surface area contributed by atoms with E-state index in [1.165, 1.54) is 12.3 Å². The number of carboxylic acid groups (broad SMARTS) is 1. The molecule has 1 aliphatic rings. The summed E-state index contributed by atoms with van der Waals surface area (Å²) in [6, 6.07) is 10.2. The molecule has 7 heteroatoms. The van der Waals surface area contributed by atoms with Crippen LogP contribution in [0.5, 0.6) is 0 Å². The normalized spacial score (nSPS) is 16.0. The van der Waals surface area contributed by atoms with Gasteiger partial charge in [0.15, 0.2) is 5.82 Å². The van der Waals surface area contributed by atoms with Crippen LogP contribution in [-0.2, 0) is 9.53 Å². The van der Waals surface area contributed by atoms with Crippen molar-refractivity contribution in [3.63, 3.8) is 0 Å². The molecular formula is C21H24N4O3. The average molecular weight is 380 g/mol. The lowest BCUT2D eigenvalue weighted by molar-refractivity contribution is -0.132. The molecule has 146 valence electrons. The summed E-state index contributed by atoms with van der Waals surface area (Å²) in [6.07, 6.45) is 6.59. The molecule has 2 N–H and O–H groups in total. The lowest BCUT2D eigenvalue weighted by atomic mass is 10.1. The van der Waals surface area contributed by atoms with E-state index >= 15 is 0 Å². The predicted octanol–water partition coefficient (Wildman–Crippen LogP) is 3.89. The van der Waals surface area contributed by atoms with E-state index < -0.39 is 5.97 Å². The van der Waals surface area contributed by atoms with Crippen molar-refractivity contribution in [2.45, 2.75) is 25.8 Å². The molecule has 0 radical (unpaired) electrons. The van der Waals surface area contributed by atoms with E-state index in [9.17, 15) is 9.90 Å². The number of allylic oxidation sites excluding steroid dienone is 1. The molecule has 3 rings (SSSR count). The molecule has 28 heavy (non-hydrogen) atoms. The van der Waals surface area contributed by atoms with E-state index in [-0.39, 0.29) is 11.6 Å². The van der Waals surface area contributed by atoms with Crippen molar-refractivity contribution in [2.24, 2.45) is 4.99 Å². The van der Waals surface area contributed by atoms with Crippen molar-refractivity contribution in [3.8, 4) is 11.1 Å². The van der Waals surface area contributed by atoms with E-state index in [2.05, 4.69) is 17.0 Å². The Kier molecular flexibility index (Phi) is 6.39. The summed E-state index contributed by atoms with van der Waals surface area (Å²) in [7, 11) is 0. The second-order valence-electron chi connectivity index (χ2n) is 6.55. The van der Waals surface area contributed by atoms with Crippen molar-refractivity contribution < 1.29 is 14.6 Å². The number of anilines is 1. The summed E-state index contributed by atoms with van der Waals surface area (Å²) in [4.78, 5) is 15.2. The maximum absolute atomic E-state index is 11.6. The summed E-state index contributed by atoms with van der Waals surface area (Å²) < 4.78 is 7.41. The zero-order valence-corrected chi connectivity index (χ0v) is 15.8. The van der Waals surface area contributed by atoms with Crippen LogP contribution in [-0.4, -0.2) is 40.8 Å². The third kappa shape index (κ3) is 4.55. The number of nitrogens with one attached hydrogen (secondary N) is 1. The van der Waals surface area contributed by atoms with Crippen molar-refractivity contribution in [1.82, 2.24) is 9.78 Å². The Morgan fingerprint density at radius 3 is 2.71 bits per heavy atom. The number of ether oxygens (including phenoxy) is 1. The Balaban J connectivity index is 2.00. The Bertz CT molecular complexity index is 894. The summed E-state index contributed by atoms with van der Waals surface area (Å²) in [5.74, 6) is -0.427. The fourth-order valence-corrected chi connectivity index (χ4v) is 3.18. The van der Waals surface area contributed by atoms with Gasteiger partial charge in [-0.3, -0.25) is 9.67 Å². The van der Waals surface area contributed by atoms with Gasteiger partial charge in [0.25, 0.3) is 0 Å². The van der Waals surface area contributed by atoms with Crippen LogP contribution < -0.4 is 5.32 Å². The molecule has 0 spiro atoms. The first-order chi connectivity index (χ1) is 13.6. The van der Waals surface area contributed by atoms with Crippen LogP contribution in [0.25, 0.3) is 11.1 Å². The number of carboxylic acids is 1. The molecule has 0 saturated carbocycles. The first-order valence-electron chi connectivity index (χ1n) is 9.16. The fourth-order valence-electron chi connectivity index (χ4n) is 3.18. The lowest BCUT2D eigenvalue weighted by Crippen LogP contribution is -2.20. The van der Waals surface area contributed by atoms with Crippen molar-refractivity contribution in [3.05, 3.63) is 60.1 Å². The zero-order chi connectivity index (χ0) is 19.9. The van der Waals surface area contributed by atoms with E-state index in [4.69, 9.17) is 9.84 Å². The van der Waals surface area contributed by atoms with Gasteiger partial charge in [0.1, 0.15) is 0 Å². The Morgan fingerprint density at radius 1 is 1.36 bits per heavy atom. The van der Waals surface area contributed by atoms with Gasteiger partial charge in [0.05, 0.1) is 11.6 Å². The molecule has 0 atom stereocenters. The van der Waals surface area contributed by atoms with Gasteiger partial charge in [-0.1, -0.05) is 30.3 Å². The predicted molar refractivity (Wildman–Crippen MR) is 109 cm³/mol. The van der Waals surface area contributed by atoms with Crippen molar-refractivity contribution in [1.29, 1.82) is 0 Å². The highest BCUT2D eigenvalue weighted by molar-refractivity contribution is 5.91. The van der Waals surface area contributed by atoms with Gasteiger partial charge in [0, 0.05) is 36.9 Å². The number of benzene rings is 1. The monoisotopic (exact) mass is 380 g/mol. The van der Waals surface area contributed by atoms with Gasteiger partial charge < -0.3 is 15.2 Å². The van der Waals surface area contributed by atoms with Gasteiger partial charge in [0.2, 0.25) is 0 Å². The van der Waals surface area contributed by atoms with Crippen LogP contribution in [0.3, 0.4) is 0 Å². The van der Waals surface area contributed by atoms with Crippen molar-refractivity contribution in [2.75, 3.05) is 18.5 Å². The quantitative estimate of drug-likeness (QED) is 0.432. The van der Waals surface area contributed by atoms with Crippen LogP contribution in [0, 0.1) is 0 Å². The molecule has 1 saturated heterocycles. The first kappa shape index (κ1) is 19.6. The molecule has 1 aromatic heterocycles. The maximum Gasteiger partial charge on any atom is 0.337 e. The van der Waals surface area contributed by atoms with Gasteiger partial charge in [-0.25, -0.2) is 4.79 Å². The standard InChI is InChI=1S/C21H24N4O3/c1-15(18(21(26)27)8-11-22-2)23-20-19(16-6-4-3-5-7-16)14-25(24-20)17-9-12-28-13-10-17/h3-8,11,14,17H,2,9-10,12-13H2,1H3,(H,23,24)(H,26,27)/b11-8-,18-15-. The Morgan fingerprint density at radius 2 is 2.07 bits per heavy atom. The minimum absolute atomic E-state index is 0.104. The van der Waals surface area contributed by atoms with E-state index in [0.717, 1.165) is 37.2 Å².